The summed E-state index contributed by atoms with van der Waals surface area (Å²) in [4.78, 5) is 6.17. The van der Waals surface area contributed by atoms with Crippen LogP contribution in [0, 0.1) is 0 Å². The molecule has 1 rings (SSSR count). The zero-order valence-corrected chi connectivity index (χ0v) is 7.94. The third kappa shape index (κ3) is 2.87. The molecule has 3 nitrogen and oxygen atoms in total. The maximum atomic E-state index is 8.55. The predicted octanol–water partition coefficient (Wildman–Crippen LogP) is 1.15. The Balaban J connectivity index is 2.75. The lowest BCUT2D eigenvalue weighted by atomic mass is 10.2. The second-order valence-corrected chi connectivity index (χ2v) is 2.93. The largest absolute Gasteiger partial charge is 0.392 e. The molecule has 0 aliphatic heterocycles. The number of rotatable bonds is 3. The van der Waals surface area contributed by atoms with Crippen LogP contribution < -0.4 is 4.90 Å². The smallest absolute Gasteiger partial charge is 0.127 e. The minimum Gasteiger partial charge on any atom is -0.392 e. The minimum atomic E-state index is 0.0649. The Hall–Kier alpha value is -1.35. The van der Waals surface area contributed by atoms with Gasteiger partial charge in [0, 0.05) is 20.3 Å². The molecular weight excluding hydrogens is 164 g/mol. The standard InChI is InChI=1S/C10H14N2O/c1-12(2)10-6-5-9(8-11-10)4-3-7-13/h3-6,8,13H,7H2,1-2H3/b4-3+. The summed E-state index contributed by atoms with van der Waals surface area (Å²) in [6, 6.07) is 3.91. The number of aliphatic hydroxyl groups is 1. The Morgan fingerprint density at radius 2 is 2.23 bits per heavy atom. The number of nitrogens with zero attached hydrogens (tertiary/aromatic N) is 2. The van der Waals surface area contributed by atoms with Gasteiger partial charge in [-0.25, -0.2) is 4.98 Å². The lowest BCUT2D eigenvalue weighted by Gasteiger charge is -2.10. The highest BCUT2D eigenvalue weighted by molar-refractivity contribution is 5.50. The molecular formula is C10H14N2O. The summed E-state index contributed by atoms with van der Waals surface area (Å²) in [6.07, 6.45) is 5.31. The molecule has 0 atom stereocenters. The third-order valence-electron chi connectivity index (χ3n) is 1.64. The first kappa shape index (κ1) is 9.74. The first-order valence-electron chi connectivity index (χ1n) is 4.15. The highest BCUT2D eigenvalue weighted by atomic mass is 16.2. The van der Waals surface area contributed by atoms with Crippen LogP contribution in [0.15, 0.2) is 24.4 Å². The number of hydrogen-bond acceptors (Lipinski definition) is 3. The summed E-state index contributed by atoms with van der Waals surface area (Å²) < 4.78 is 0. The number of aromatic nitrogens is 1. The van der Waals surface area contributed by atoms with Gasteiger partial charge in [-0.15, -0.1) is 0 Å². The van der Waals surface area contributed by atoms with Crippen molar-refractivity contribution in [3.05, 3.63) is 30.0 Å². The fraction of sp³-hybridized carbons (Fsp3) is 0.300. The molecule has 0 aliphatic rings. The van der Waals surface area contributed by atoms with Crippen LogP contribution in [0.2, 0.25) is 0 Å². The third-order valence-corrected chi connectivity index (χ3v) is 1.64. The molecule has 0 amide bonds. The van der Waals surface area contributed by atoms with Crippen LogP contribution in [0.3, 0.4) is 0 Å². The van der Waals surface area contributed by atoms with Gasteiger partial charge in [0.2, 0.25) is 0 Å². The van der Waals surface area contributed by atoms with E-state index in [4.69, 9.17) is 5.11 Å². The van der Waals surface area contributed by atoms with E-state index < -0.39 is 0 Å². The van der Waals surface area contributed by atoms with Crippen molar-refractivity contribution >= 4 is 11.9 Å². The highest BCUT2D eigenvalue weighted by Crippen LogP contribution is 2.08. The van der Waals surface area contributed by atoms with E-state index in [1.165, 1.54) is 0 Å². The van der Waals surface area contributed by atoms with Gasteiger partial charge >= 0.3 is 0 Å². The molecule has 0 spiro atoms. The molecule has 0 aliphatic carbocycles. The van der Waals surface area contributed by atoms with Gasteiger partial charge in [-0.2, -0.15) is 0 Å². The average Bonchev–Trinajstić information content (AvgIpc) is 2.15. The molecule has 0 aromatic carbocycles. The molecule has 1 heterocycles. The molecule has 0 radical (unpaired) electrons. The normalized spacial score (nSPS) is 10.7. The van der Waals surface area contributed by atoms with Crippen molar-refractivity contribution in [1.29, 1.82) is 0 Å². The lowest BCUT2D eigenvalue weighted by Crippen LogP contribution is -2.09. The van der Waals surface area contributed by atoms with Crippen molar-refractivity contribution in [2.75, 3.05) is 25.6 Å². The van der Waals surface area contributed by atoms with E-state index >= 15 is 0 Å². The van der Waals surface area contributed by atoms with E-state index in [2.05, 4.69) is 4.98 Å². The molecule has 1 aromatic heterocycles. The van der Waals surface area contributed by atoms with Gasteiger partial charge < -0.3 is 10.0 Å². The van der Waals surface area contributed by atoms with Gasteiger partial charge in [-0.3, -0.25) is 0 Å². The van der Waals surface area contributed by atoms with Crippen LogP contribution in [-0.2, 0) is 0 Å². The van der Waals surface area contributed by atoms with Crippen molar-refractivity contribution in [1.82, 2.24) is 4.98 Å². The maximum Gasteiger partial charge on any atom is 0.127 e. The Labute approximate surface area is 78.3 Å². The zero-order chi connectivity index (χ0) is 9.68. The zero-order valence-electron chi connectivity index (χ0n) is 7.94. The first-order valence-corrected chi connectivity index (χ1v) is 4.15. The van der Waals surface area contributed by atoms with Crippen molar-refractivity contribution < 1.29 is 5.11 Å². The fourth-order valence-electron chi connectivity index (χ4n) is 0.949. The number of hydrogen-bond donors (Lipinski definition) is 1. The van der Waals surface area contributed by atoms with Crippen molar-refractivity contribution in [3.63, 3.8) is 0 Å². The van der Waals surface area contributed by atoms with Crippen LogP contribution in [0.5, 0.6) is 0 Å². The van der Waals surface area contributed by atoms with Crippen LogP contribution in [0.1, 0.15) is 5.56 Å². The Morgan fingerprint density at radius 1 is 1.46 bits per heavy atom. The average molecular weight is 178 g/mol. The van der Waals surface area contributed by atoms with E-state index in [-0.39, 0.29) is 6.61 Å². The summed E-state index contributed by atoms with van der Waals surface area (Å²) in [7, 11) is 3.90. The molecule has 0 saturated carbocycles. The Bertz CT molecular complexity index is 277. The topological polar surface area (TPSA) is 36.4 Å². The summed E-state index contributed by atoms with van der Waals surface area (Å²) in [5, 5.41) is 8.55. The van der Waals surface area contributed by atoms with Crippen LogP contribution in [-0.4, -0.2) is 30.8 Å². The van der Waals surface area contributed by atoms with Gasteiger partial charge in [0.15, 0.2) is 0 Å². The van der Waals surface area contributed by atoms with E-state index in [9.17, 15) is 0 Å². The second kappa shape index (κ2) is 4.62. The Kier molecular flexibility index (Phi) is 3.46. The van der Waals surface area contributed by atoms with Gasteiger partial charge in [0.05, 0.1) is 6.61 Å². The number of anilines is 1. The summed E-state index contributed by atoms with van der Waals surface area (Å²) in [6.45, 7) is 0.0649. The monoisotopic (exact) mass is 178 g/mol. The van der Waals surface area contributed by atoms with E-state index in [0.717, 1.165) is 11.4 Å². The molecule has 1 aromatic rings. The van der Waals surface area contributed by atoms with Gasteiger partial charge in [-0.1, -0.05) is 12.2 Å². The van der Waals surface area contributed by atoms with Crippen LogP contribution in [0.4, 0.5) is 5.82 Å². The SMILES string of the molecule is CN(C)c1ccc(/C=C/CO)cn1. The van der Waals surface area contributed by atoms with Gasteiger partial charge in [-0.05, 0) is 17.7 Å². The predicted molar refractivity (Wildman–Crippen MR) is 54.7 cm³/mol. The quantitative estimate of drug-likeness (QED) is 0.754. The second-order valence-electron chi connectivity index (χ2n) is 2.93. The van der Waals surface area contributed by atoms with E-state index in [0.29, 0.717) is 0 Å². The summed E-state index contributed by atoms with van der Waals surface area (Å²) in [5.41, 5.74) is 1.000. The molecule has 1 N–H and O–H groups in total. The fourth-order valence-corrected chi connectivity index (χ4v) is 0.949. The molecule has 70 valence electrons. The van der Waals surface area contributed by atoms with Crippen molar-refractivity contribution in [3.8, 4) is 0 Å². The summed E-state index contributed by atoms with van der Waals surface area (Å²) >= 11 is 0. The molecule has 13 heavy (non-hydrogen) atoms. The van der Waals surface area contributed by atoms with Crippen LogP contribution >= 0.6 is 0 Å². The molecule has 0 fully saturated rings. The van der Waals surface area contributed by atoms with Crippen molar-refractivity contribution in [2.45, 2.75) is 0 Å². The molecule has 0 saturated heterocycles. The van der Waals surface area contributed by atoms with E-state index in [1.54, 1.807) is 12.3 Å². The van der Waals surface area contributed by atoms with Crippen molar-refractivity contribution in [2.24, 2.45) is 0 Å². The molecule has 3 heteroatoms. The first-order chi connectivity index (χ1) is 6.24. The minimum absolute atomic E-state index is 0.0649. The van der Waals surface area contributed by atoms with Gasteiger partial charge in [0.1, 0.15) is 5.82 Å². The summed E-state index contributed by atoms with van der Waals surface area (Å²) in [5.74, 6) is 0.932. The Morgan fingerprint density at radius 3 is 2.69 bits per heavy atom. The van der Waals surface area contributed by atoms with Crippen LogP contribution in [0.25, 0.3) is 6.08 Å². The maximum absolute atomic E-state index is 8.55. The number of aliphatic hydroxyl groups excluding tert-OH is 1. The number of pyridine rings is 1. The lowest BCUT2D eigenvalue weighted by molar-refractivity contribution is 0.343. The molecule has 0 unspecified atom stereocenters. The highest BCUT2D eigenvalue weighted by Gasteiger charge is 1.94. The molecule has 0 bridgehead atoms. The van der Waals surface area contributed by atoms with E-state index in [1.807, 2.05) is 37.2 Å². The van der Waals surface area contributed by atoms with Gasteiger partial charge in [0.25, 0.3) is 0 Å².